The fourth-order valence-electron chi connectivity index (χ4n) is 3.07. The second kappa shape index (κ2) is 8.40. The zero-order chi connectivity index (χ0) is 21.0. The highest BCUT2D eigenvalue weighted by molar-refractivity contribution is 5.84. The largest absolute Gasteiger partial charge is 0.497 e. The number of ether oxygens (including phenoxy) is 4. The molecule has 0 bridgehead atoms. The van der Waals surface area contributed by atoms with Crippen molar-refractivity contribution >= 4 is 5.82 Å². The highest BCUT2D eigenvalue weighted by Gasteiger charge is 2.19. The Morgan fingerprint density at radius 2 is 1.31 bits per heavy atom. The Kier molecular flexibility index (Phi) is 5.74. The number of nitrogen functional groups attached to an aromatic ring is 1. The first-order valence-corrected chi connectivity index (χ1v) is 8.71. The molecule has 2 N–H and O–H groups in total. The lowest BCUT2D eigenvalue weighted by Gasteiger charge is -2.16. The SMILES string of the molecule is COc1ccc(OC)c(-c2cc(-c3cc(OC)ccc3OC)c(C#N)c(N)n2)c1. The van der Waals surface area contributed by atoms with Crippen LogP contribution in [0.4, 0.5) is 5.82 Å². The van der Waals surface area contributed by atoms with Crippen LogP contribution in [-0.2, 0) is 0 Å². The van der Waals surface area contributed by atoms with E-state index < -0.39 is 0 Å². The van der Waals surface area contributed by atoms with Crippen LogP contribution in [0.5, 0.6) is 23.0 Å². The number of hydrogen-bond donors (Lipinski definition) is 1. The molecule has 0 atom stereocenters. The van der Waals surface area contributed by atoms with Crippen LogP contribution >= 0.6 is 0 Å². The normalized spacial score (nSPS) is 10.2. The molecule has 2 aromatic carbocycles. The number of nitrogens with two attached hydrogens (primary N) is 1. The van der Waals surface area contributed by atoms with Crippen molar-refractivity contribution in [2.24, 2.45) is 0 Å². The van der Waals surface area contributed by atoms with Crippen molar-refractivity contribution in [1.29, 1.82) is 5.26 Å². The molecule has 148 valence electrons. The van der Waals surface area contributed by atoms with E-state index in [1.807, 2.05) is 0 Å². The minimum absolute atomic E-state index is 0.106. The van der Waals surface area contributed by atoms with Crippen LogP contribution in [-0.4, -0.2) is 33.4 Å². The zero-order valence-electron chi connectivity index (χ0n) is 16.6. The minimum atomic E-state index is 0.106. The molecule has 0 aliphatic rings. The molecule has 7 heteroatoms. The molecule has 7 nitrogen and oxygen atoms in total. The number of aromatic nitrogens is 1. The third kappa shape index (κ3) is 3.73. The Hall–Kier alpha value is -3.92. The zero-order valence-corrected chi connectivity index (χ0v) is 16.6. The van der Waals surface area contributed by atoms with E-state index in [1.165, 1.54) is 0 Å². The maximum absolute atomic E-state index is 9.71. The quantitative estimate of drug-likeness (QED) is 0.680. The molecule has 3 aromatic rings. The van der Waals surface area contributed by atoms with Gasteiger partial charge in [0.05, 0.1) is 34.1 Å². The molecule has 1 aromatic heterocycles. The number of nitriles is 1. The summed E-state index contributed by atoms with van der Waals surface area (Å²) in [6, 6.07) is 14.7. The first-order chi connectivity index (χ1) is 14.1. The van der Waals surface area contributed by atoms with Crippen LogP contribution in [0, 0.1) is 11.3 Å². The van der Waals surface area contributed by atoms with E-state index in [9.17, 15) is 5.26 Å². The molecule has 0 unspecified atom stereocenters. The Bertz CT molecular complexity index is 1090. The van der Waals surface area contributed by atoms with E-state index in [0.29, 0.717) is 45.4 Å². The summed E-state index contributed by atoms with van der Waals surface area (Å²) in [4.78, 5) is 4.43. The van der Waals surface area contributed by atoms with Gasteiger partial charge in [0.2, 0.25) is 0 Å². The van der Waals surface area contributed by atoms with E-state index in [-0.39, 0.29) is 11.4 Å². The fourth-order valence-corrected chi connectivity index (χ4v) is 3.07. The summed E-state index contributed by atoms with van der Waals surface area (Å²) in [7, 11) is 6.29. The number of anilines is 1. The predicted molar refractivity (Wildman–Crippen MR) is 110 cm³/mol. The van der Waals surface area contributed by atoms with E-state index >= 15 is 0 Å². The molecule has 0 amide bonds. The first kappa shape index (κ1) is 19.8. The van der Waals surface area contributed by atoms with Crippen LogP contribution in [0.15, 0.2) is 42.5 Å². The van der Waals surface area contributed by atoms with Gasteiger partial charge >= 0.3 is 0 Å². The van der Waals surface area contributed by atoms with Crippen molar-refractivity contribution in [2.45, 2.75) is 0 Å². The Labute approximate surface area is 169 Å². The molecule has 0 saturated heterocycles. The number of nitrogens with zero attached hydrogens (tertiary/aromatic N) is 2. The maximum Gasteiger partial charge on any atom is 0.142 e. The summed E-state index contributed by atoms with van der Waals surface area (Å²) >= 11 is 0. The van der Waals surface area contributed by atoms with Crippen molar-refractivity contribution in [3.63, 3.8) is 0 Å². The Balaban J connectivity index is 2.32. The molecule has 0 spiro atoms. The van der Waals surface area contributed by atoms with Gasteiger partial charge in [-0.15, -0.1) is 0 Å². The van der Waals surface area contributed by atoms with Crippen molar-refractivity contribution in [3.8, 4) is 51.5 Å². The van der Waals surface area contributed by atoms with Crippen LogP contribution in [0.25, 0.3) is 22.4 Å². The number of rotatable bonds is 6. The molecular weight excluding hydrogens is 370 g/mol. The highest BCUT2D eigenvalue weighted by Crippen LogP contribution is 2.40. The van der Waals surface area contributed by atoms with Crippen molar-refractivity contribution in [1.82, 2.24) is 4.98 Å². The van der Waals surface area contributed by atoms with Crippen LogP contribution in [0.2, 0.25) is 0 Å². The fraction of sp³-hybridized carbons (Fsp3) is 0.182. The lowest BCUT2D eigenvalue weighted by molar-refractivity contribution is 0.404. The topological polar surface area (TPSA) is 99.6 Å². The van der Waals surface area contributed by atoms with Gasteiger partial charge in [0.15, 0.2) is 0 Å². The lowest BCUT2D eigenvalue weighted by atomic mass is 9.97. The molecule has 29 heavy (non-hydrogen) atoms. The number of hydrogen-bond acceptors (Lipinski definition) is 7. The van der Waals surface area contributed by atoms with E-state index in [0.717, 1.165) is 0 Å². The van der Waals surface area contributed by atoms with Gasteiger partial charge in [0.25, 0.3) is 0 Å². The van der Waals surface area contributed by atoms with Gasteiger partial charge in [0.1, 0.15) is 40.4 Å². The highest BCUT2D eigenvalue weighted by atomic mass is 16.5. The van der Waals surface area contributed by atoms with Crippen LogP contribution in [0.1, 0.15) is 5.56 Å². The summed E-state index contributed by atoms with van der Waals surface area (Å²) in [5, 5.41) is 9.71. The van der Waals surface area contributed by atoms with Gasteiger partial charge in [-0.2, -0.15) is 5.26 Å². The molecule has 0 aliphatic heterocycles. The van der Waals surface area contributed by atoms with Gasteiger partial charge in [-0.25, -0.2) is 4.98 Å². The van der Waals surface area contributed by atoms with Crippen molar-refractivity contribution in [3.05, 3.63) is 48.0 Å². The molecule has 0 saturated carbocycles. The summed E-state index contributed by atoms with van der Waals surface area (Å²) in [5.41, 5.74) is 8.88. The van der Waals surface area contributed by atoms with Gasteiger partial charge < -0.3 is 24.7 Å². The Morgan fingerprint density at radius 3 is 1.83 bits per heavy atom. The molecule has 1 heterocycles. The van der Waals surface area contributed by atoms with Gasteiger partial charge in [-0.3, -0.25) is 0 Å². The lowest BCUT2D eigenvalue weighted by Crippen LogP contribution is -2.02. The van der Waals surface area contributed by atoms with Crippen molar-refractivity contribution in [2.75, 3.05) is 34.2 Å². The van der Waals surface area contributed by atoms with Crippen LogP contribution < -0.4 is 24.7 Å². The molecule has 3 rings (SSSR count). The second-order valence-electron chi connectivity index (χ2n) is 6.06. The third-order valence-corrected chi connectivity index (χ3v) is 4.54. The Morgan fingerprint density at radius 1 is 0.759 bits per heavy atom. The van der Waals surface area contributed by atoms with Gasteiger partial charge in [-0.1, -0.05) is 0 Å². The number of pyridine rings is 1. The summed E-state index contributed by atoms with van der Waals surface area (Å²) < 4.78 is 21.6. The summed E-state index contributed by atoms with van der Waals surface area (Å²) in [6.45, 7) is 0. The molecule has 0 aliphatic carbocycles. The van der Waals surface area contributed by atoms with E-state index in [4.69, 9.17) is 24.7 Å². The van der Waals surface area contributed by atoms with E-state index in [1.54, 1.807) is 70.9 Å². The standard InChI is InChI=1S/C22H21N3O4/c1-26-13-5-7-20(28-3)16(9-13)15-11-19(25-22(24)18(15)12-23)17-10-14(27-2)6-8-21(17)29-4/h5-11H,1-4H3,(H2,24,25). The first-order valence-electron chi connectivity index (χ1n) is 8.71. The van der Waals surface area contributed by atoms with E-state index in [2.05, 4.69) is 11.1 Å². The molecular formula is C22H21N3O4. The number of methoxy groups -OCH3 is 4. The van der Waals surface area contributed by atoms with Crippen molar-refractivity contribution < 1.29 is 18.9 Å². The monoisotopic (exact) mass is 391 g/mol. The number of benzene rings is 2. The second-order valence-corrected chi connectivity index (χ2v) is 6.06. The summed E-state index contributed by atoms with van der Waals surface area (Å²) in [6.07, 6.45) is 0. The molecule has 0 fully saturated rings. The van der Waals surface area contributed by atoms with Gasteiger partial charge in [-0.05, 0) is 42.5 Å². The third-order valence-electron chi connectivity index (χ3n) is 4.54. The van der Waals surface area contributed by atoms with Gasteiger partial charge in [0, 0.05) is 16.7 Å². The average Bonchev–Trinajstić information content (AvgIpc) is 2.77. The van der Waals surface area contributed by atoms with Crippen LogP contribution in [0.3, 0.4) is 0 Å². The predicted octanol–water partition coefficient (Wildman–Crippen LogP) is 3.90. The average molecular weight is 391 g/mol. The maximum atomic E-state index is 9.71. The minimum Gasteiger partial charge on any atom is -0.497 e. The smallest absolute Gasteiger partial charge is 0.142 e. The molecule has 0 radical (unpaired) electrons. The summed E-state index contributed by atoms with van der Waals surface area (Å²) in [5.74, 6) is 2.56.